The zero-order valence-electron chi connectivity index (χ0n) is 16.2. The molecule has 0 spiro atoms. The quantitative estimate of drug-likeness (QED) is 0.601. The predicted octanol–water partition coefficient (Wildman–Crippen LogP) is 5.02. The molecule has 0 radical (unpaired) electrons. The number of carbonyl (C=O) groups excluding carboxylic acids is 1. The average Bonchev–Trinajstić information content (AvgIpc) is 2.70. The summed E-state index contributed by atoms with van der Waals surface area (Å²) in [7, 11) is 0. The van der Waals surface area contributed by atoms with Gasteiger partial charge in [-0.25, -0.2) is 0 Å². The molecule has 0 aliphatic rings. The van der Waals surface area contributed by atoms with E-state index in [1.165, 1.54) is 5.56 Å². The van der Waals surface area contributed by atoms with Crippen LogP contribution in [0.4, 0.5) is 5.69 Å². The van der Waals surface area contributed by atoms with E-state index in [4.69, 9.17) is 9.47 Å². The molecule has 1 amide bonds. The van der Waals surface area contributed by atoms with E-state index >= 15 is 0 Å². The van der Waals surface area contributed by atoms with Gasteiger partial charge in [-0.1, -0.05) is 42.5 Å². The molecule has 0 fully saturated rings. The van der Waals surface area contributed by atoms with Crippen molar-refractivity contribution >= 4 is 11.6 Å². The minimum Gasteiger partial charge on any atom is -0.493 e. The van der Waals surface area contributed by atoms with Crippen molar-refractivity contribution in [3.05, 3.63) is 90.0 Å². The summed E-state index contributed by atoms with van der Waals surface area (Å²) in [5.41, 5.74) is 3.04. The third kappa shape index (κ3) is 5.88. The molecule has 4 nitrogen and oxygen atoms in total. The molecule has 0 heterocycles. The lowest BCUT2D eigenvalue weighted by Gasteiger charge is -2.15. The number of nitrogens with one attached hydrogen (secondary N) is 1. The summed E-state index contributed by atoms with van der Waals surface area (Å²) in [4.78, 5) is 12.3. The van der Waals surface area contributed by atoms with Crippen LogP contribution in [0, 0.1) is 6.92 Å². The number of amides is 1. The lowest BCUT2D eigenvalue weighted by molar-refractivity contribution is -0.122. The minimum atomic E-state index is -0.594. The number of aryl methyl sites for hydroxylation is 1. The molecule has 0 saturated carbocycles. The Labute approximate surface area is 166 Å². The van der Waals surface area contributed by atoms with E-state index in [1.54, 1.807) is 6.92 Å². The van der Waals surface area contributed by atoms with Gasteiger partial charge in [-0.05, 0) is 61.4 Å². The number of rotatable bonds is 8. The van der Waals surface area contributed by atoms with Gasteiger partial charge < -0.3 is 14.8 Å². The fraction of sp³-hybridized carbons (Fsp3) is 0.208. The maximum atomic E-state index is 12.3. The van der Waals surface area contributed by atoms with E-state index in [-0.39, 0.29) is 5.91 Å². The lowest BCUT2D eigenvalue weighted by Crippen LogP contribution is -2.30. The fourth-order valence-electron chi connectivity index (χ4n) is 2.76. The number of hydrogen-bond donors (Lipinski definition) is 1. The molecule has 3 aromatic carbocycles. The second-order valence-electron chi connectivity index (χ2n) is 6.67. The average molecular weight is 375 g/mol. The highest BCUT2D eigenvalue weighted by molar-refractivity contribution is 5.94. The zero-order chi connectivity index (χ0) is 19.8. The summed E-state index contributed by atoms with van der Waals surface area (Å²) >= 11 is 0. The minimum absolute atomic E-state index is 0.195. The first-order chi connectivity index (χ1) is 13.6. The number of hydrogen-bond acceptors (Lipinski definition) is 3. The highest BCUT2D eigenvalue weighted by Crippen LogP contribution is 2.18. The molecule has 4 heteroatoms. The van der Waals surface area contributed by atoms with Gasteiger partial charge in [0, 0.05) is 12.1 Å². The number of benzene rings is 3. The van der Waals surface area contributed by atoms with E-state index in [9.17, 15) is 4.79 Å². The first kappa shape index (κ1) is 19.5. The van der Waals surface area contributed by atoms with Crippen LogP contribution >= 0.6 is 0 Å². The largest absolute Gasteiger partial charge is 0.493 e. The summed E-state index contributed by atoms with van der Waals surface area (Å²) in [6.45, 7) is 4.33. The van der Waals surface area contributed by atoms with Crippen molar-refractivity contribution < 1.29 is 14.3 Å². The molecular weight excluding hydrogens is 350 g/mol. The lowest BCUT2D eigenvalue weighted by atomic mass is 10.2. The molecule has 0 aliphatic carbocycles. The van der Waals surface area contributed by atoms with Crippen molar-refractivity contribution in [2.24, 2.45) is 0 Å². The van der Waals surface area contributed by atoms with Crippen LogP contribution in [0.3, 0.4) is 0 Å². The van der Waals surface area contributed by atoms with Crippen molar-refractivity contribution in [1.29, 1.82) is 0 Å². The molecule has 3 rings (SSSR count). The van der Waals surface area contributed by atoms with Gasteiger partial charge >= 0.3 is 0 Å². The van der Waals surface area contributed by atoms with Gasteiger partial charge in [0.1, 0.15) is 11.5 Å². The third-order valence-electron chi connectivity index (χ3n) is 4.30. The molecule has 0 aliphatic heterocycles. The van der Waals surface area contributed by atoms with Crippen LogP contribution in [0.1, 0.15) is 18.1 Å². The number of anilines is 1. The van der Waals surface area contributed by atoms with Crippen LogP contribution in [-0.4, -0.2) is 18.6 Å². The van der Waals surface area contributed by atoms with Crippen molar-refractivity contribution in [1.82, 2.24) is 0 Å². The fourth-order valence-corrected chi connectivity index (χ4v) is 2.76. The van der Waals surface area contributed by atoms with Crippen molar-refractivity contribution in [3.63, 3.8) is 0 Å². The predicted molar refractivity (Wildman–Crippen MR) is 112 cm³/mol. The Morgan fingerprint density at radius 1 is 0.929 bits per heavy atom. The third-order valence-corrected chi connectivity index (χ3v) is 4.30. The van der Waals surface area contributed by atoms with Crippen molar-refractivity contribution in [2.45, 2.75) is 26.4 Å². The summed E-state index contributed by atoms with van der Waals surface area (Å²) in [6, 6.07) is 25.2. The first-order valence-corrected chi connectivity index (χ1v) is 9.41. The summed E-state index contributed by atoms with van der Waals surface area (Å²) in [5, 5.41) is 2.87. The normalized spacial score (nSPS) is 11.5. The maximum absolute atomic E-state index is 12.3. The molecule has 1 atom stereocenters. The molecular formula is C24H25NO3. The summed E-state index contributed by atoms with van der Waals surface area (Å²) < 4.78 is 11.5. The van der Waals surface area contributed by atoms with Crippen LogP contribution in [0.25, 0.3) is 0 Å². The maximum Gasteiger partial charge on any atom is 0.265 e. The Morgan fingerprint density at radius 3 is 2.39 bits per heavy atom. The van der Waals surface area contributed by atoms with Crippen LogP contribution in [-0.2, 0) is 11.2 Å². The standard InChI is InChI=1S/C24H25NO3/c1-18-7-6-10-23(17-18)28-19(2)24(26)25-21-11-13-22(14-12-21)27-16-15-20-8-4-3-5-9-20/h3-14,17,19H,15-16H2,1-2H3,(H,25,26)/t19-/m0/s1. The molecule has 0 saturated heterocycles. The Bertz CT molecular complexity index is 891. The Balaban J connectivity index is 1.47. The molecule has 0 bridgehead atoms. The van der Waals surface area contributed by atoms with Gasteiger partial charge in [-0.2, -0.15) is 0 Å². The number of ether oxygens (including phenoxy) is 2. The van der Waals surface area contributed by atoms with E-state index in [1.807, 2.05) is 73.7 Å². The van der Waals surface area contributed by atoms with Crippen molar-refractivity contribution in [3.8, 4) is 11.5 Å². The summed E-state index contributed by atoms with van der Waals surface area (Å²) in [5.74, 6) is 1.27. The van der Waals surface area contributed by atoms with E-state index in [2.05, 4.69) is 17.4 Å². The van der Waals surface area contributed by atoms with Gasteiger partial charge in [0.25, 0.3) is 5.91 Å². The Morgan fingerprint density at radius 2 is 1.68 bits per heavy atom. The smallest absolute Gasteiger partial charge is 0.265 e. The SMILES string of the molecule is Cc1cccc(O[C@@H](C)C(=O)Nc2ccc(OCCc3ccccc3)cc2)c1. The highest BCUT2D eigenvalue weighted by atomic mass is 16.5. The van der Waals surface area contributed by atoms with Crippen LogP contribution in [0.15, 0.2) is 78.9 Å². The van der Waals surface area contributed by atoms with Gasteiger partial charge in [-0.3, -0.25) is 4.79 Å². The van der Waals surface area contributed by atoms with Crippen molar-refractivity contribution in [2.75, 3.05) is 11.9 Å². The first-order valence-electron chi connectivity index (χ1n) is 9.41. The van der Waals surface area contributed by atoms with Gasteiger partial charge in [0.15, 0.2) is 6.10 Å². The van der Waals surface area contributed by atoms with Crippen LogP contribution in [0.2, 0.25) is 0 Å². The topological polar surface area (TPSA) is 47.6 Å². The van der Waals surface area contributed by atoms with Gasteiger partial charge in [-0.15, -0.1) is 0 Å². The molecule has 28 heavy (non-hydrogen) atoms. The van der Waals surface area contributed by atoms with E-state index in [0.717, 1.165) is 17.7 Å². The Kier molecular flexibility index (Phi) is 6.68. The van der Waals surface area contributed by atoms with Gasteiger partial charge in [0.2, 0.25) is 0 Å². The Hall–Kier alpha value is -3.27. The summed E-state index contributed by atoms with van der Waals surface area (Å²) in [6.07, 6.45) is 0.260. The number of carbonyl (C=O) groups is 1. The second-order valence-corrected chi connectivity index (χ2v) is 6.67. The van der Waals surface area contributed by atoms with Crippen LogP contribution in [0.5, 0.6) is 11.5 Å². The molecule has 144 valence electrons. The molecule has 3 aromatic rings. The molecule has 1 N–H and O–H groups in total. The molecule has 0 aromatic heterocycles. The van der Waals surface area contributed by atoms with Gasteiger partial charge in [0.05, 0.1) is 6.61 Å². The highest BCUT2D eigenvalue weighted by Gasteiger charge is 2.15. The van der Waals surface area contributed by atoms with E-state index < -0.39 is 6.10 Å². The van der Waals surface area contributed by atoms with E-state index in [0.29, 0.717) is 18.0 Å². The monoisotopic (exact) mass is 375 g/mol. The zero-order valence-corrected chi connectivity index (χ0v) is 16.2. The molecule has 0 unspecified atom stereocenters. The van der Waals surface area contributed by atoms with Crippen LogP contribution < -0.4 is 14.8 Å². The second kappa shape index (κ2) is 9.60.